The molecule has 0 aliphatic carbocycles. The second-order valence-corrected chi connectivity index (χ2v) is 5.01. The number of hydrogen-bond acceptors (Lipinski definition) is 1. The maximum absolute atomic E-state index is 12.8. The third-order valence-electron chi connectivity index (χ3n) is 3.46. The first-order valence-corrected chi connectivity index (χ1v) is 6.72. The molecule has 0 bridgehead atoms. The second kappa shape index (κ2) is 5.40. The minimum absolute atomic E-state index is 0.113. The van der Waals surface area contributed by atoms with Crippen molar-refractivity contribution in [1.29, 1.82) is 0 Å². The second-order valence-electron chi connectivity index (χ2n) is 5.01. The Bertz CT molecular complexity index is 790. The van der Waals surface area contributed by atoms with Crippen LogP contribution in [0.3, 0.4) is 0 Å². The van der Waals surface area contributed by atoms with Crippen molar-refractivity contribution in [3.63, 3.8) is 0 Å². The molecule has 0 fully saturated rings. The smallest absolute Gasteiger partial charge is 0.228 e. The molecule has 0 spiro atoms. The van der Waals surface area contributed by atoms with Gasteiger partial charge in [0.05, 0.1) is 6.42 Å². The summed E-state index contributed by atoms with van der Waals surface area (Å²) in [7, 11) is 1.96. The van der Waals surface area contributed by atoms with Gasteiger partial charge in [-0.2, -0.15) is 0 Å². The highest BCUT2D eigenvalue weighted by molar-refractivity contribution is 5.95. The predicted molar refractivity (Wildman–Crippen MR) is 81.7 cm³/mol. The van der Waals surface area contributed by atoms with Crippen LogP contribution in [0.1, 0.15) is 5.56 Å². The molecule has 3 rings (SSSR count). The van der Waals surface area contributed by atoms with Gasteiger partial charge in [0.15, 0.2) is 0 Å². The maximum Gasteiger partial charge on any atom is 0.228 e. The molecule has 1 amide bonds. The average molecular weight is 282 g/mol. The lowest BCUT2D eigenvalue weighted by molar-refractivity contribution is -0.115. The van der Waals surface area contributed by atoms with E-state index in [0.29, 0.717) is 12.1 Å². The quantitative estimate of drug-likeness (QED) is 0.784. The van der Waals surface area contributed by atoms with Crippen LogP contribution >= 0.6 is 0 Å². The number of carbonyl (C=O) groups excluding carboxylic acids is 1. The summed E-state index contributed by atoms with van der Waals surface area (Å²) in [6.45, 7) is 0. The molecule has 1 N–H and O–H groups in total. The van der Waals surface area contributed by atoms with Crippen molar-refractivity contribution in [2.45, 2.75) is 6.42 Å². The van der Waals surface area contributed by atoms with E-state index in [2.05, 4.69) is 5.32 Å². The topological polar surface area (TPSA) is 34.0 Å². The molecule has 4 heteroatoms. The van der Waals surface area contributed by atoms with Gasteiger partial charge < -0.3 is 9.88 Å². The summed E-state index contributed by atoms with van der Waals surface area (Å²) >= 11 is 0. The van der Waals surface area contributed by atoms with Gasteiger partial charge in [-0.15, -0.1) is 0 Å². The normalized spacial score (nSPS) is 10.8. The fourth-order valence-electron chi connectivity index (χ4n) is 2.48. The predicted octanol–water partition coefficient (Wildman–Crippen LogP) is 3.50. The van der Waals surface area contributed by atoms with E-state index in [4.69, 9.17) is 0 Å². The molecule has 0 saturated carbocycles. The Kier molecular flexibility index (Phi) is 3.44. The van der Waals surface area contributed by atoms with E-state index in [1.165, 1.54) is 12.1 Å². The van der Waals surface area contributed by atoms with E-state index in [0.717, 1.165) is 16.5 Å². The highest BCUT2D eigenvalue weighted by Crippen LogP contribution is 2.21. The van der Waals surface area contributed by atoms with Gasteiger partial charge >= 0.3 is 0 Å². The largest absolute Gasteiger partial charge is 0.350 e. The zero-order valence-electron chi connectivity index (χ0n) is 11.6. The van der Waals surface area contributed by atoms with Gasteiger partial charge in [-0.05, 0) is 35.9 Å². The lowest BCUT2D eigenvalue weighted by atomic mass is 10.1. The van der Waals surface area contributed by atoms with Gasteiger partial charge in [0.2, 0.25) is 5.91 Å². The third-order valence-corrected chi connectivity index (χ3v) is 3.46. The van der Waals surface area contributed by atoms with Crippen LogP contribution in [-0.2, 0) is 18.3 Å². The number of nitrogens with zero attached hydrogens (tertiary/aromatic N) is 1. The molecule has 3 aromatic rings. The van der Waals surface area contributed by atoms with Crippen LogP contribution < -0.4 is 5.32 Å². The van der Waals surface area contributed by atoms with Crippen LogP contribution in [-0.4, -0.2) is 10.5 Å². The number of hydrogen-bond donors (Lipinski definition) is 1. The van der Waals surface area contributed by atoms with Gasteiger partial charge in [0.25, 0.3) is 0 Å². The molecular formula is C17H15FN2O. The van der Waals surface area contributed by atoms with E-state index in [9.17, 15) is 9.18 Å². The highest BCUT2D eigenvalue weighted by Gasteiger charge is 2.10. The van der Waals surface area contributed by atoms with Crippen molar-refractivity contribution >= 4 is 22.5 Å². The van der Waals surface area contributed by atoms with Crippen LogP contribution in [0.2, 0.25) is 0 Å². The van der Waals surface area contributed by atoms with Crippen LogP contribution in [0.25, 0.3) is 10.9 Å². The number of amides is 1. The zero-order chi connectivity index (χ0) is 14.8. The first-order valence-electron chi connectivity index (χ1n) is 6.72. The highest BCUT2D eigenvalue weighted by atomic mass is 19.1. The number of aromatic nitrogens is 1. The molecule has 0 radical (unpaired) electrons. The SMILES string of the molecule is Cn1cc(CC(=O)Nc2ccc(F)cc2)c2ccccc21. The van der Waals surface area contributed by atoms with Gasteiger partial charge in [0, 0.05) is 29.8 Å². The molecule has 3 nitrogen and oxygen atoms in total. The summed E-state index contributed by atoms with van der Waals surface area (Å²) in [5, 5.41) is 3.85. The third kappa shape index (κ3) is 2.79. The molecule has 1 heterocycles. The maximum atomic E-state index is 12.8. The number of carbonyl (C=O) groups is 1. The monoisotopic (exact) mass is 282 g/mol. The molecule has 0 saturated heterocycles. The number of fused-ring (bicyclic) bond motifs is 1. The van der Waals surface area contributed by atoms with Gasteiger partial charge in [-0.3, -0.25) is 4.79 Å². The van der Waals surface area contributed by atoms with Crippen LogP contribution in [0.5, 0.6) is 0 Å². The molecule has 21 heavy (non-hydrogen) atoms. The Labute approximate surface area is 122 Å². The summed E-state index contributed by atoms with van der Waals surface area (Å²) in [6.07, 6.45) is 2.26. The molecule has 2 aromatic carbocycles. The molecule has 1 aromatic heterocycles. The van der Waals surface area contributed by atoms with Crippen LogP contribution in [0.4, 0.5) is 10.1 Å². The number of benzene rings is 2. The summed E-state index contributed by atoms with van der Waals surface area (Å²) < 4.78 is 14.8. The van der Waals surface area contributed by atoms with E-state index >= 15 is 0 Å². The van der Waals surface area contributed by atoms with Crippen molar-refractivity contribution < 1.29 is 9.18 Å². The molecule has 0 aliphatic heterocycles. The van der Waals surface area contributed by atoms with E-state index in [-0.39, 0.29) is 11.7 Å². The number of para-hydroxylation sites is 1. The Balaban J connectivity index is 1.79. The van der Waals surface area contributed by atoms with E-state index < -0.39 is 0 Å². The fourth-order valence-corrected chi connectivity index (χ4v) is 2.48. The molecule has 0 atom stereocenters. The van der Waals surface area contributed by atoms with Gasteiger partial charge in [0.1, 0.15) is 5.82 Å². The van der Waals surface area contributed by atoms with Crippen molar-refractivity contribution in [3.8, 4) is 0 Å². The molecule has 0 unspecified atom stereocenters. The fraction of sp³-hybridized carbons (Fsp3) is 0.118. The Hall–Kier alpha value is -2.62. The summed E-state index contributed by atoms with van der Waals surface area (Å²) in [4.78, 5) is 12.1. The van der Waals surface area contributed by atoms with Crippen molar-refractivity contribution in [3.05, 3.63) is 66.1 Å². The Morgan fingerprint density at radius 3 is 2.62 bits per heavy atom. The Morgan fingerprint density at radius 1 is 1.14 bits per heavy atom. The number of anilines is 1. The van der Waals surface area contributed by atoms with E-state index in [1.807, 2.05) is 42.1 Å². The van der Waals surface area contributed by atoms with Gasteiger partial charge in [-0.25, -0.2) is 4.39 Å². The van der Waals surface area contributed by atoms with Crippen molar-refractivity contribution in [2.24, 2.45) is 7.05 Å². The summed E-state index contributed by atoms with van der Waals surface area (Å²) in [5.74, 6) is -0.431. The minimum Gasteiger partial charge on any atom is -0.350 e. The average Bonchev–Trinajstić information content (AvgIpc) is 2.78. The first-order chi connectivity index (χ1) is 10.1. The number of aryl methyl sites for hydroxylation is 1. The van der Waals surface area contributed by atoms with Gasteiger partial charge in [-0.1, -0.05) is 18.2 Å². The lowest BCUT2D eigenvalue weighted by Gasteiger charge is -2.04. The summed E-state index contributed by atoms with van der Waals surface area (Å²) in [5.41, 5.74) is 2.68. The van der Waals surface area contributed by atoms with E-state index in [1.54, 1.807) is 12.1 Å². The molecule has 0 aliphatic rings. The Morgan fingerprint density at radius 2 is 1.86 bits per heavy atom. The van der Waals surface area contributed by atoms with Crippen molar-refractivity contribution in [1.82, 2.24) is 4.57 Å². The van der Waals surface area contributed by atoms with Crippen LogP contribution in [0, 0.1) is 5.82 Å². The molecular weight excluding hydrogens is 267 g/mol. The molecule has 106 valence electrons. The first kappa shape index (κ1) is 13.4. The zero-order valence-corrected chi connectivity index (χ0v) is 11.6. The number of nitrogens with one attached hydrogen (secondary N) is 1. The van der Waals surface area contributed by atoms with Crippen LogP contribution in [0.15, 0.2) is 54.7 Å². The standard InChI is InChI=1S/C17H15FN2O/c1-20-11-12(15-4-2-3-5-16(15)20)10-17(21)19-14-8-6-13(18)7-9-14/h2-9,11H,10H2,1H3,(H,19,21). The number of halogens is 1. The van der Waals surface area contributed by atoms with Crippen molar-refractivity contribution in [2.75, 3.05) is 5.32 Å². The number of rotatable bonds is 3. The lowest BCUT2D eigenvalue weighted by Crippen LogP contribution is -2.14. The summed E-state index contributed by atoms with van der Waals surface area (Å²) in [6, 6.07) is 13.7. The minimum atomic E-state index is -0.318.